The van der Waals surface area contributed by atoms with Gasteiger partial charge in [-0.3, -0.25) is 9.59 Å². The van der Waals surface area contributed by atoms with Gasteiger partial charge in [-0.15, -0.1) is 0 Å². The van der Waals surface area contributed by atoms with E-state index in [2.05, 4.69) is 48.6 Å². The Balaban J connectivity index is 1.46. The molecule has 0 spiro atoms. The Bertz CT molecular complexity index is 1460. The molecule has 1 heterocycles. The van der Waals surface area contributed by atoms with Crippen molar-refractivity contribution in [3.63, 3.8) is 0 Å². The maximum atomic E-state index is 13.8. The van der Waals surface area contributed by atoms with E-state index in [1.165, 1.54) is 24.3 Å². The summed E-state index contributed by atoms with van der Waals surface area (Å²) in [7, 11) is 0. The van der Waals surface area contributed by atoms with Crippen LogP contribution in [0.15, 0.2) is 75.3 Å². The summed E-state index contributed by atoms with van der Waals surface area (Å²) < 4.78 is 20.8. The number of halogens is 3. The van der Waals surface area contributed by atoms with Crippen molar-refractivity contribution >= 4 is 61.5 Å². The number of benzene rings is 3. The molecule has 3 aromatic rings. The number of hydrogen-bond acceptors (Lipinski definition) is 5. The van der Waals surface area contributed by atoms with Gasteiger partial charge in [0.25, 0.3) is 5.91 Å². The number of ether oxygens (including phenoxy) is 1. The number of nitrogens with one attached hydrogen (secondary N) is 2. The Morgan fingerprint density at radius 1 is 1.11 bits per heavy atom. The van der Waals surface area contributed by atoms with E-state index in [0.717, 1.165) is 10.5 Å². The predicted molar refractivity (Wildman–Crippen MR) is 141 cm³/mol. The molecule has 1 saturated heterocycles. The first-order valence-corrected chi connectivity index (χ1v) is 12.3. The number of rotatable bonds is 7. The average molecular weight is 628 g/mol. The molecule has 0 atom stereocenters. The number of amides is 4. The van der Waals surface area contributed by atoms with Gasteiger partial charge in [0.05, 0.1) is 26.3 Å². The average Bonchev–Trinajstić information content (AvgIpc) is 3.12. The van der Waals surface area contributed by atoms with Crippen molar-refractivity contribution in [2.75, 3.05) is 11.9 Å². The Morgan fingerprint density at radius 3 is 2.49 bits per heavy atom. The van der Waals surface area contributed by atoms with Crippen LogP contribution in [-0.2, 0) is 16.2 Å². The normalized spacial score (nSPS) is 13.9. The van der Waals surface area contributed by atoms with Crippen molar-refractivity contribution in [1.29, 1.82) is 5.26 Å². The number of para-hydroxylation sites is 1. The Morgan fingerprint density at radius 2 is 1.78 bits per heavy atom. The lowest BCUT2D eigenvalue weighted by Gasteiger charge is -2.13. The molecule has 0 radical (unpaired) electrons. The number of anilines is 1. The molecule has 186 valence electrons. The monoisotopic (exact) mass is 626 g/mol. The highest BCUT2D eigenvalue weighted by Crippen LogP contribution is 2.36. The van der Waals surface area contributed by atoms with Crippen molar-refractivity contribution < 1.29 is 23.5 Å². The zero-order chi connectivity index (χ0) is 26.5. The third-order valence-electron chi connectivity index (χ3n) is 5.25. The van der Waals surface area contributed by atoms with Gasteiger partial charge in [-0.2, -0.15) is 5.26 Å². The molecule has 3 aromatic carbocycles. The smallest absolute Gasteiger partial charge is 0.329 e. The summed E-state index contributed by atoms with van der Waals surface area (Å²) in [6, 6.07) is 17.4. The van der Waals surface area contributed by atoms with Gasteiger partial charge in [0, 0.05) is 5.56 Å². The number of urea groups is 1. The summed E-state index contributed by atoms with van der Waals surface area (Å²) in [6.45, 7) is -0.416. The zero-order valence-corrected chi connectivity index (χ0v) is 22.1. The van der Waals surface area contributed by atoms with Gasteiger partial charge in [-0.25, -0.2) is 14.1 Å². The molecule has 0 bridgehead atoms. The van der Waals surface area contributed by atoms with Crippen molar-refractivity contribution in [3.05, 3.63) is 97.8 Å². The molecule has 8 nitrogen and oxygen atoms in total. The fourth-order valence-electron chi connectivity index (χ4n) is 3.48. The highest BCUT2D eigenvalue weighted by atomic mass is 79.9. The van der Waals surface area contributed by atoms with Gasteiger partial charge in [0.2, 0.25) is 5.91 Å². The first kappa shape index (κ1) is 26.1. The third kappa shape index (κ3) is 6.04. The van der Waals surface area contributed by atoms with Crippen LogP contribution in [0.1, 0.15) is 16.7 Å². The van der Waals surface area contributed by atoms with Gasteiger partial charge in [-0.1, -0.05) is 30.3 Å². The van der Waals surface area contributed by atoms with Crippen molar-refractivity contribution in [3.8, 4) is 11.8 Å². The molecule has 4 rings (SSSR count). The molecule has 0 aromatic heterocycles. The zero-order valence-electron chi connectivity index (χ0n) is 18.9. The molecular weight excluding hydrogens is 611 g/mol. The van der Waals surface area contributed by atoms with Crippen LogP contribution in [0.3, 0.4) is 0 Å². The number of carbonyl (C=O) groups is 3. The summed E-state index contributed by atoms with van der Waals surface area (Å²) in [5, 5.41) is 14.0. The minimum Gasteiger partial charge on any atom is -0.486 e. The van der Waals surface area contributed by atoms with Gasteiger partial charge in [0.15, 0.2) is 0 Å². The highest BCUT2D eigenvalue weighted by molar-refractivity contribution is 9.11. The highest BCUT2D eigenvalue weighted by Gasteiger charge is 2.35. The van der Waals surface area contributed by atoms with Crippen LogP contribution in [0.2, 0.25) is 0 Å². The van der Waals surface area contributed by atoms with Gasteiger partial charge >= 0.3 is 6.03 Å². The second kappa shape index (κ2) is 11.4. The Hall–Kier alpha value is -4.01. The summed E-state index contributed by atoms with van der Waals surface area (Å²) in [4.78, 5) is 38.1. The molecule has 0 aliphatic carbocycles. The number of carbonyl (C=O) groups excluding carboxylic acids is 3. The van der Waals surface area contributed by atoms with Crippen LogP contribution in [0.4, 0.5) is 14.9 Å². The molecule has 11 heteroatoms. The van der Waals surface area contributed by atoms with Crippen LogP contribution >= 0.6 is 31.9 Å². The number of hydrogen-bond donors (Lipinski definition) is 2. The van der Waals surface area contributed by atoms with E-state index in [-0.39, 0.29) is 18.0 Å². The molecule has 1 fully saturated rings. The van der Waals surface area contributed by atoms with Gasteiger partial charge in [0.1, 0.15) is 30.4 Å². The fraction of sp³-hybridized carbons (Fsp3) is 0.0769. The SMILES string of the molecule is N#Cc1ccccc1COc1c(Br)cc(/C=C2/NC(=O)N(CC(=O)Nc3ccccc3F)C2=O)cc1Br. The number of imide groups is 1. The van der Waals surface area contributed by atoms with Crippen LogP contribution in [-0.4, -0.2) is 29.3 Å². The van der Waals surface area contributed by atoms with E-state index >= 15 is 0 Å². The maximum Gasteiger partial charge on any atom is 0.329 e. The minimum absolute atomic E-state index is 0.0286. The molecule has 0 saturated carbocycles. The first-order chi connectivity index (χ1) is 17.8. The number of nitriles is 1. The largest absolute Gasteiger partial charge is 0.486 e. The fourth-order valence-corrected chi connectivity index (χ4v) is 4.93. The van der Waals surface area contributed by atoms with E-state index in [4.69, 9.17) is 4.74 Å². The topological polar surface area (TPSA) is 112 Å². The van der Waals surface area contributed by atoms with E-state index < -0.39 is 30.2 Å². The van der Waals surface area contributed by atoms with Gasteiger partial charge in [-0.05, 0) is 73.8 Å². The van der Waals surface area contributed by atoms with Crippen molar-refractivity contribution in [2.24, 2.45) is 0 Å². The summed E-state index contributed by atoms with van der Waals surface area (Å²) >= 11 is 6.90. The van der Waals surface area contributed by atoms with E-state index in [0.29, 0.717) is 25.8 Å². The first-order valence-electron chi connectivity index (χ1n) is 10.8. The second-order valence-electron chi connectivity index (χ2n) is 7.78. The second-order valence-corrected chi connectivity index (χ2v) is 9.49. The molecule has 1 aliphatic rings. The summed E-state index contributed by atoms with van der Waals surface area (Å²) in [6.07, 6.45) is 1.46. The summed E-state index contributed by atoms with van der Waals surface area (Å²) in [5.41, 5.74) is 1.72. The van der Waals surface area contributed by atoms with E-state index in [1.54, 1.807) is 36.4 Å². The van der Waals surface area contributed by atoms with E-state index in [9.17, 15) is 24.0 Å². The molecule has 0 unspecified atom stereocenters. The molecule has 37 heavy (non-hydrogen) atoms. The molecule has 1 aliphatic heterocycles. The standard InChI is InChI=1S/C26H17Br2FN4O4/c27-18-9-15(10-19(28)24(18)37-14-17-6-2-1-5-16(17)12-30)11-22-25(35)33(26(36)32-22)13-23(34)31-21-8-4-3-7-20(21)29/h1-11H,13-14H2,(H,31,34)(H,32,36)/b22-11+. The molecule has 2 N–H and O–H groups in total. The Labute approximate surface area is 228 Å². The summed E-state index contributed by atoms with van der Waals surface area (Å²) in [5.74, 6) is -1.57. The van der Waals surface area contributed by atoms with E-state index in [1.807, 2.05) is 6.07 Å². The Kier molecular flexibility index (Phi) is 8.01. The minimum atomic E-state index is -0.769. The van der Waals surface area contributed by atoms with Crippen molar-refractivity contribution in [1.82, 2.24) is 10.2 Å². The van der Waals surface area contributed by atoms with Gasteiger partial charge < -0.3 is 15.4 Å². The van der Waals surface area contributed by atoms with Crippen LogP contribution < -0.4 is 15.4 Å². The van der Waals surface area contributed by atoms with Crippen LogP contribution in [0.25, 0.3) is 6.08 Å². The molecule has 4 amide bonds. The molecular formula is C26H17Br2FN4O4. The lowest BCUT2D eigenvalue weighted by atomic mass is 10.1. The van der Waals surface area contributed by atoms with Crippen molar-refractivity contribution in [2.45, 2.75) is 6.61 Å². The maximum absolute atomic E-state index is 13.8. The number of nitrogens with zero attached hydrogens (tertiary/aromatic N) is 2. The quantitative estimate of drug-likeness (QED) is 0.272. The lowest BCUT2D eigenvalue weighted by Crippen LogP contribution is -2.38. The third-order valence-corrected chi connectivity index (χ3v) is 6.43. The lowest BCUT2D eigenvalue weighted by molar-refractivity contribution is -0.127. The predicted octanol–water partition coefficient (Wildman–Crippen LogP) is 5.33. The van der Waals surface area contributed by atoms with Crippen LogP contribution in [0.5, 0.6) is 5.75 Å². The van der Waals surface area contributed by atoms with Crippen LogP contribution in [0, 0.1) is 17.1 Å².